The van der Waals surface area contributed by atoms with E-state index in [1.807, 2.05) is 0 Å². The van der Waals surface area contributed by atoms with Crippen LogP contribution in [0.25, 0.3) is 0 Å². The first kappa shape index (κ1) is 5.96. The molecule has 0 unspecified atom stereocenters. The lowest BCUT2D eigenvalue weighted by Gasteiger charge is -2.16. The number of carbonyl (C=O) groups is 1. The van der Waals surface area contributed by atoms with Crippen LogP contribution in [-0.2, 0) is 9.53 Å². The highest BCUT2D eigenvalue weighted by Gasteiger charge is 2.33. The monoisotopic (exact) mass is 138 g/mol. The number of rotatable bonds is 0. The topological polar surface area (TPSA) is 26.3 Å². The molecular weight excluding hydrogens is 128 g/mol. The summed E-state index contributed by atoms with van der Waals surface area (Å²) in [5.41, 5.74) is 0. The molecule has 2 nitrogen and oxygen atoms in total. The summed E-state index contributed by atoms with van der Waals surface area (Å²) in [6, 6.07) is 0. The summed E-state index contributed by atoms with van der Waals surface area (Å²) in [4.78, 5) is 10.8. The summed E-state index contributed by atoms with van der Waals surface area (Å²) >= 11 is 0. The molecule has 0 N–H and O–H groups in total. The van der Waals surface area contributed by atoms with Crippen molar-refractivity contribution in [3.63, 3.8) is 0 Å². The largest absolute Gasteiger partial charge is 0.462 e. The maximum atomic E-state index is 10.8. The summed E-state index contributed by atoms with van der Waals surface area (Å²) in [6.45, 7) is 0. The van der Waals surface area contributed by atoms with Gasteiger partial charge in [0.15, 0.2) is 0 Å². The first-order chi connectivity index (χ1) is 4.86. The van der Waals surface area contributed by atoms with Crippen molar-refractivity contribution in [2.45, 2.75) is 25.4 Å². The number of hydrogen-bond donors (Lipinski definition) is 0. The van der Waals surface area contributed by atoms with E-state index >= 15 is 0 Å². The minimum atomic E-state index is -0.0263. The van der Waals surface area contributed by atoms with E-state index in [0.717, 1.165) is 12.8 Å². The molecule has 1 saturated heterocycles. The van der Waals surface area contributed by atoms with Crippen molar-refractivity contribution in [2.75, 3.05) is 0 Å². The summed E-state index contributed by atoms with van der Waals surface area (Å²) in [5, 5.41) is 0. The summed E-state index contributed by atoms with van der Waals surface area (Å²) < 4.78 is 5.08. The summed E-state index contributed by atoms with van der Waals surface area (Å²) in [6.07, 6.45) is 7.14. The van der Waals surface area contributed by atoms with E-state index in [-0.39, 0.29) is 12.1 Å². The van der Waals surface area contributed by atoms with Crippen molar-refractivity contribution in [3.05, 3.63) is 12.2 Å². The average Bonchev–Trinajstić information content (AvgIpc) is 2.27. The van der Waals surface area contributed by atoms with Crippen LogP contribution < -0.4 is 0 Å². The lowest BCUT2D eigenvalue weighted by molar-refractivity contribution is -0.141. The molecule has 2 atom stereocenters. The van der Waals surface area contributed by atoms with Crippen LogP contribution in [0, 0.1) is 5.92 Å². The van der Waals surface area contributed by atoms with Gasteiger partial charge >= 0.3 is 5.97 Å². The predicted molar refractivity (Wildman–Crippen MR) is 36.4 cm³/mol. The molecule has 0 radical (unpaired) electrons. The average molecular weight is 138 g/mol. The van der Waals surface area contributed by atoms with Crippen LogP contribution in [0.5, 0.6) is 0 Å². The molecule has 0 amide bonds. The van der Waals surface area contributed by atoms with E-state index in [2.05, 4.69) is 12.2 Å². The van der Waals surface area contributed by atoms with Gasteiger partial charge in [0.2, 0.25) is 0 Å². The van der Waals surface area contributed by atoms with Crippen LogP contribution in [0.2, 0.25) is 0 Å². The van der Waals surface area contributed by atoms with Gasteiger partial charge in [-0.15, -0.1) is 0 Å². The fourth-order valence-electron chi connectivity index (χ4n) is 1.62. The molecule has 0 aromatic rings. The van der Waals surface area contributed by atoms with Crippen LogP contribution >= 0.6 is 0 Å². The Balaban J connectivity index is 2.15. The van der Waals surface area contributed by atoms with Crippen molar-refractivity contribution in [1.82, 2.24) is 0 Å². The van der Waals surface area contributed by atoms with E-state index in [0.29, 0.717) is 12.3 Å². The van der Waals surface area contributed by atoms with Crippen molar-refractivity contribution >= 4 is 5.97 Å². The van der Waals surface area contributed by atoms with E-state index in [1.54, 1.807) is 0 Å². The van der Waals surface area contributed by atoms with E-state index in [9.17, 15) is 4.79 Å². The molecule has 1 fully saturated rings. The quantitative estimate of drug-likeness (QED) is 0.372. The van der Waals surface area contributed by atoms with Gasteiger partial charge in [-0.05, 0) is 12.8 Å². The van der Waals surface area contributed by atoms with Crippen molar-refractivity contribution in [3.8, 4) is 0 Å². The molecule has 54 valence electrons. The number of allylic oxidation sites excluding steroid dienone is 1. The molecule has 0 spiro atoms. The highest BCUT2D eigenvalue weighted by Crippen LogP contribution is 2.29. The molecule has 0 bridgehead atoms. The zero-order valence-corrected chi connectivity index (χ0v) is 5.75. The molecule has 0 saturated carbocycles. The van der Waals surface area contributed by atoms with Crippen LogP contribution in [0.3, 0.4) is 0 Å². The molecule has 1 heterocycles. The second-order valence-electron chi connectivity index (χ2n) is 2.90. The highest BCUT2D eigenvalue weighted by atomic mass is 16.5. The van der Waals surface area contributed by atoms with Crippen LogP contribution in [0.15, 0.2) is 12.2 Å². The number of hydrogen-bond acceptors (Lipinski definition) is 2. The molecule has 1 aliphatic carbocycles. The molecule has 2 rings (SSSR count). The number of fused-ring (bicyclic) bond motifs is 1. The van der Waals surface area contributed by atoms with Gasteiger partial charge in [0.05, 0.1) is 6.42 Å². The Labute approximate surface area is 59.9 Å². The van der Waals surface area contributed by atoms with Crippen molar-refractivity contribution < 1.29 is 9.53 Å². The van der Waals surface area contributed by atoms with E-state index in [1.165, 1.54) is 0 Å². The van der Waals surface area contributed by atoms with Crippen LogP contribution in [-0.4, -0.2) is 12.1 Å². The first-order valence-electron chi connectivity index (χ1n) is 3.72. The van der Waals surface area contributed by atoms with Gasteiger partial charge in [-0.1, -0.05) is 12.2 Å². The molecular formula is C8H10O2. The standard InChI is InChI=1S/C8H10O2/c9-8-5-6-3-1-2-4-7(6)10-8/h1,3,6-7H,2,4-5H2/t6-,7-/m0/s1. The van der Waals surface area contributed by atoms with Crippen molar-refractivity contribution in [1.29, 1.82) is 0 Å². The SMILES string of the molecule is O=C1C[C@@H]2C=CCC[C@@H]2O1. The molecule has 2 heteroatoms. The minimum absolute atomic E-state index is 0.0263. The van der Waals surface area contributed by atoms with Crippen LogP contribution in [0.4, 0.5) is 0 Å². The summed E-state index contributed by atoms with van der Waals surface area (Å²) in [5.74, 6) is 0.364. The van der Waals surface area contributed by atoms with Crippen LogP contribution in [0.1, 0.15) is 19.3 Å². The second-order valence-corrected chi connectivity index (χ2v) is 2.90. The minimum Gasteiger partial charge on any atom is -0.462 e. The van der Waals surface area contributed by atoms with Gasteiger partial charge in [-0.25, -0.2) is 0 Å². The Kier molecular flexibility index (Phi) is 1.26. The van der Waals surface area contributed by atoms with Gasteiger partial charge in [-0.3, -0.25) is 4.79 Å². The maximum absolute atomic E-state index is 10.8. The molecule has 0 aromatic heterocycles. The third kappa shape index (κ3) is 0.838. The fraction of sp³-hybridized carbons (Fsp3) is 0.625. The fourth-order valence-corrected chi connectivity index (χ4v) is 1.62. The maximum Gasteiger partial charge on any atom is 0.306 e. The normalized spacial score (nSPS) is 37.4. The van der Waals surface area contributed by atoms with Gasteiger partial charge < -0.3 is 4.74 Å². The second kappa shape index (κ2) is 2.11. The van der Waals surface area contributed by atoms with Gasteiger partial charge in [0.1, 0.15) is 6.10 Å². The number of ether oxygens (including phenoxy) is 1. The van der Waals surface area contributed by atoms with E-state index in [4.69, 9.17) is 4.74 Å². The zero-order chi connectivity index (χ0) is 6.97. The van der Waals surface area contributed by atoms with Gasteiger partial charge in [0, 0.05) is 5.92 Å². The lowest BCUT2D eigenvalue weighted by atomic mass is 9.92. The molecule has 10 heavy (non-hydrogen) atoms. The third-order valence-electron chi connectivity index (χ3n) is 2.16. The molecule has 1 aliphatic heterocycles. The smallest absolute Gasteiger partial charge is 0.306 e. The van der Waals surface area contributed by atoms with Gasteiger partial charge in [0.25, 0.3) is 0 Å². The van der Waals surface area contributed by atoms with E-state index < -0.39 is 0 Å². The predicted octanol–water partition coefficient (Wildman–Crippen LogP) is 1.27. The number of carbonyl (C=O) groups excluding carboxylic acids is 1. The Morgan fingerprint density at radius 3 is 3.30 bits per heavy atom. The number of esters is 1. The Hall–Kier alpha value is -0.790. The molecule has 0 aromatic carbocycles. The Morgan fingerprint density at radius 2 is 2.50 bits per heavy atom. The molecule has 2 aliphatic rings. The highest BCUT2D eigenvalue weighted by molar-refractivity contribution is 5.72. The zero-order valence-electron chi connectivity index (χ0n) is 5.75. The Bertz CT molecular complexity index is 184. The van der Waals surface area contributed by atoms with Crippen molar-refractivity contribution in [2.24, 2.45) is 5.92 Å². The third-order valence-corrected chi connectivity index (χ3v) is 2.16. The first-order valence-corrected chi connectivity index (χ1v) is 3.72. The summed E-state index contributed by atoms with van der Waals surface area (Å²) in [7, 11) is 0. The lowest BCUT2D eigenvalue weighted by Crippen LogP contribution is -2.16. The van der Waals surface area contributed by atoms with Gasteiger partial charge in [-0.2, -0.15) is 0 Å². The Morgan fingerprint density at radius 1 is 1.60 bits per heavy atom.